The lowest BCUT2D eigenvalue weighted by Gasteiger charge is -2.29. The van der Waals surface area contributed by atoms with Gasteiger partial charge >= 0.3 is 0 Å². The number of nitrogens with one attached hydrogen (secondary N) is 1. The molecule has 0 unspecified atom stereocenters. The summed E-state index contributed by atoms with van der Waals surface area (Å²) in [5, 5.41) is 3.32. The predicted octanol–water partition coefficient (Wildman–Crippen LogP) is 3.83. The Morgan fingerprint density at radius 2 is 1.92 bits per heavy atom. The number of carbonyl (C=O) groups excluding carboxylic acids is 2. The van der Waals surface area contributed by atoms with Crippen LogP contribution in [0.25, 0.3) is 6.08 Å². The highest BCUT2D eigenvalue weighted by molar-refractivity contribution is 7.80. The van der Waals surface area contributed by atoms with E-state index in [1.54, 1.807) is 42.5 Å². The number of rotatable bonds is 3. The van der Waals surface area contributed by atoms with Gasteiger partial charge in [0.2, 0.25) is 0 Å². The molecular weight excluding hydrogens is 395 g/mol. The monoisotopic (exact) mass is 406 g/mol. The van der Waals surface area contributed by atoms with E-state index in [-0.39, 0.29) is 10.7 Å². The van der Waals surface area contributed by atoms with Crippen LogP contribution in [0.2, 0.25) is 10.0 Å². The van der Waals surface area contributed by atoms with Crippen LogP contribution in [-0.2, 0) is 9.59 Å². The normalized spacial score (nSPS) is 16.0. The smallest absolute Gasteiger partial charge is 0.270 e. The first kappa shape index (κ1) is 18.4. The Kier molecular flexibility index (Phi) is 5.27. The molecule has 0 aliphatic carbocycles. The van der Waals surface area contributed by atoms with Crippen molar-refractivity contribution in [3.8, 4) is 5.75 Å². The van der Waals surface area contributed by atoms with Crippen LogP contribution >= 0.6 is 35.4 Å². The summed E-state index contributed by atoms with van der Waals surface area (Å²) in [6, 6.07) is 11.6. The van der Waals surface area contributed by atoms with Crippen LogP contribution in [0.1, 0.15) is 5.56 Å². The standard InChI is InChI=1S/C18H12Cl2N2O3S/c1-25-15-6-5-10(8-14(15)20)7-13-16(23)21-18(26)22(17(13)24)12-4-2-3-11(19)9-12/h2-9H,1H3,(H,21,23,26)/b13-7-. The maximum absolute atomic E-state index is 12.9. The van der Waals surface area contributed by atoms with E-state index in [1.165, 1.54) is 18.1 Å². The third kappa shape index (κ3) is 3.58. The van der Waals surface area contributed by atoms with Crippen LogP contribution in [0.3, 0.4) is 0 Å². The summed E-state index contributed by atoms with van der Waals surface area (Å²) in [4.78, 5) is 26.4. The molecule has 2 amide bonds. The summed E-state index contributed by atoms with van der Waals surface area (Å²) in [7, 11) is 1.50. The highest BCUT2D eigenvalue weighted by atomic mass is 35.5. The average Bonchev–Trinajstić information content (AvgIpc) is 2.58. The Labute approximate surface area is 165 Å². The van der Waals surface area contributed by atoms with Gasteiger partial charge in [0.1, 0.15) is 11.3 Å². The van der Waals surface area contributed by atoms with E-state index in [0.717, 1.165) is 0 Å². The van der Waals surface area contributed by atoms with Gasteiger partial charge in [-0.25, -0.2) is 0 Å². The number of ether oxygens (including phenoxy) is 1. The Bertz CT molecular complexity index is 959. The molecule has 0 aromatic heterocycles. The number of methoxy groups -OCH3 is 1. The molecule has 1 N–H and O–H groups in total. The molecule has 0 saturated carbocycles. The molecule has 1 fully saturated rings. The van der Waals surface area contributed by atoms with E-state index in [0.29, 0.717) is 27.0 Å². The van der Waals surface area contributed by atoms with E-state index in [9.17, 15) is 9.59 Å². The van der Waals surface area contributed by atoms with Gasteiger partial charge < -0.3 is 4.74 Å². The summed E-state index contributed by atoms with van der Waals surface area (Å²) in [5.74, 6) is -0.631. The van der Waals surface area contributed by atoms with Crippen molar-refractivity contribution in [3.05, 3.63) is 63.6 Å². The number of amides is 2. The summed E-state index contributed by atoms with van der Waals surface area (Å²) < 4.78 is 5.10. The summed E-state index contributed by atoms with van der Waals surface area (Å²) >= 11 is 17.2. The zero-order valence-electron chi connectivity index (χ0n) is 13.5. The minimum Gasteiger partial charge on any atom is -0.495 e. The fourth-order valence-corrected chi connectivity index (χ4v) is 3.18. The number of hydrogen-bond donors (Lipinski definition) is 1. The quantitative estimate of drug-likeness (QED) is 0.477. The van der Waals surface area contributed by atoms with Gasteiger partial charge in [-0.15, -0.1) is 0 Å². The Morgan fingerprint density at radius 1 is 1.15 bits per heavy atom. The van der Waals surface area contributed by atoms with Gasteiger partial charge in [-0.3, -0.25) is 19.8 Å². The highest BCUT2D eigenvalue weighted by Gasteiger charge is 2.34. The molecule has 0 radical (unpaired) electrons. The first-order valence-corrected chi connectivity index (χ1v) is 8.57. The lowest BCUT2D eigenvalue weighted by Crippen LogP contribution is -2.54. The zero-order chi connectivity index (χ0) is 18.8. The number of hydrogen-bond acceptors (Lipinski definition) is 4. The highest BCUT2D eigenvalue weighted by Crippen LogP contribution is 2.28. The molecule has 0 spiro atoms. The molecule has 3 rings (SSSR count). The topological polar surface area (TPSA) is 58.6 Å². The maximum Gasteiger partial charge on any atom is 0.270 e. The Hall–Kier alpha value is -2.41. The molecule has 26 heavy (non-hydrogen) atoms. The van der Waals surface area contributed by atoms with Crippen molar-refractivity contribution in [1.82, 2.24) is 5.32 Å². The molecular formula is C18H12Cl2N2O3S. The van der Waals surface area contributed by atoms with Crippen LogP contribution in [0, 0.1) is 0 Å². The van der Waals surface area contributed by atoms with Crippen molar-refractivity contribution < 1.29 is 14.3 Å². The second-order valence-electron chi connectivity index (χ2n) is 5.33. The average molecular weight is 407 g/mol. The molecule has 0 atom stereocenters. The van der Waals surface area contributed by atoms with Gasteiger partial charge in [-0.2, -0.15) is 0 Å². The number of halogens is 2. The summed E-state index contributed by atoms with van der Waals surface area (Å²) in [6.45, 7) is 0. The molecule has 1 aliphatic heterocycles. The lowest BCUT2D eigenvalue weighted by atomic mass is 10.1. The number of carbonyl (C=O) groups is 2. The molecule has 0 bridgehead atoms. The number of nitrogens with zero attached hydrogens (tertiary/aromatic N) is 1. The third-order valence-corrected chi connectivity index (χ3v) is 4.47. The fourth-order valence-electron chi connectivity index (χ4n) is 2.45. The fraction of sp³-hybridized carbons (Fsp3) is 0.0556. The first-order valence-electron chi connectivity index (χ1n) is 7.41. The zero-order valence-corrected chi connectivity index (χ0v) is 15.8. The van der Waals surface area contributed by atoms with E-state index in [1.807, 2.05) is 0 Å². The van der Waals surface area contributed by atoms with Crippen molar-refractivity contribution in [2.45, 2.75) is 0 Å². The number of thiocarbonyl (C=S) groups is 1. The maximum atomic E-state index is 12.9. The summed E-state index contributed by atoms with van der Waals surface area (Å²) in [5.41, 5.74) is 0.971. The van der Waals surface area contributed by atoms with Crippen molar-refractivity contribution in [3.63, 3.8) is 0 Å². The Balaban J connectivity index is 2.01. The molecule has 1 heterocycles. The molecule has 5 nitrogen and oxygen atoms in total. The van der Waals surface area contributed by atoms with Crippen molar-refractivity contribution in [2.24, 2.45) is 0 Å². The van der Waals surface area contributed by atoms with Crippen LogP contribution in [-0.4, -0.2) is 24.0 Å². The molecule has 8 heteroatoms. The van der Waals surface area contributed by atoms with Gasteiger partial charge in [0, 0.05) is 5.02 Å². The molecule has 2 aromatic carbocycles. The van der Waals surface area contributed by atoms with E-state index in [2.05, 4.69) is 5.32 Å². The van der Waals surface area contributed by atoms with Gasteiger partial charge in [0.05, 0.1) is 17.8 Å². The third-order valence-electron chi connectivity index (χ3n) is 3.65. The van der Waals surface area contributed by atoms with Crippen molar-refractivity contribution >= 4 is 64.1 Å². The molecule has 2 aromatic rings. The van der Waals surface area contributed by atoms with Gasteiger partial charge in [-0.1, -0.05) is 35.3 Å². The first-order chi connectivity index (χ1) is 12.4. The van der Waals surface area contributed by atoms with Crippen LogP contribution in [0.15, 0.2) is 48.0 Å². The molecule has 1 aliphatic rings. The number of anilines is 1. The molecule has 1 saturated heterocycles. The SMILES string of the molecule is COc1ccc(/C=C2/C(=O)NC(=S)N(c3cccc(Cl)c3)C2=O)cc1Cl. The van der Waals surface area contributed by atoms with Gasteiger partial charge in [0.25, 0.3) is 11.8 Å². The van der Waals surface area contributed by atoms with Crippen LogP contribution in [0.5, 0.6) is 5.75 Å². The van der Waals surface area contributed by atoms with E-state index < -0.39 is 11.8 Å². The summed E-state index contributed by atoms with van der Waals surface area (Å²) in [6.07, 6.45) is 1.45. The van der Waals surface area contributed by atoms with E-state index in [4.69, 9.17) is 40.2 Å². The lowest BCUT2D eigenvalue weighted by molar-refractivity contribution is -0.122. The number of benzene rings is 2. The van der Waals surface area contributed by atoms with Gasteiger partial charge in [-0.05, 0) is 54.2 Å². The van der Waals surface area contributed by atoms with Crippen LogP contribution in [0.4, 0.5) is 5.69 Å². The largest absolute Gasteiger partial charge is 0.495 e. The molecule has 132 valence electrons. The predicted molar refractivity (Wildman–Crippen MR) is 106 cm³/mol. The minimum absolute atomic E-state index is 0.00724. The van der Waals surface area contributed by atoms with Gasteiger partial charge in [0.15, 0.2) is 5.11 Å². The minimum atomic E-state index is -0.579. The second-order valence-corrected chi connectivity index (χ2v) is 6.56. The van der Waals surface area contributed by atoms with Crippen molar-refractivity contribution in [2.75, 3.05) is 12.0 Å². The van der Waals surface area contributed by atoms with Crippen LogP contribution < -0.4 is 15.0 Å². The van der Waals surface area contributed by atoms with Crippen molar-refractivity contribution in [1.29, 1.82) is 0 Å². The second kappa shape index (κ2) is 7.45. The Morgan fingerprint density at radius 3 is 2.58 bits per heavy atom. The van der Waals surface area contributed by atoms with E-state index >= 15 is 0 Å².